The zero-order valence-corrected chi connectivity index (χ0v) is 10.7. The molecule has 0 aromatic carbocycles. The first-order valence-electron chi connectivity index (χ1n) is 6.45. The van der Waals surface area contributed by atoms with Crippen molar-refractivity contribution in [2.75, 3.05) is 6.26 Å². The van der Waals surface area contributed by atoms with E-state index in [1.54, 1.807) is 0 Å². The standard InChI is InChI=1S/C13H23OS/c1-15(13-10-6-9-12(13)14)11-7-4-2-3-5-8-11/h11,13H,2-10H2,1H3/q+1. The maximum atomic E-state index is 11.8. The van der Waals surface area contributed by atoms with Crippen LogP contribution in [0.1, 0.15) is 57.8 Å². The van der Waals surface area contributed by atoms with Crippen molar-refractivity contribution < 1.29 is 4.79 Å². The van der Waals surface area contributed by atoms with E-state index in [-0.39, 0.29) is 0 Å². The fourth-order valence-electron chi connectivity index (χ4n) is 3.02. The fraction of sp³-hybridized carbons (Fsp3) is 0.923. The molecule has 0 spiro atoms. The Kier molecular flexibility index (Phi) is 4.13. The first-order valence-corrected chi connectivity index (χ1v) is 8.21. The van der Waals surface area contributed by atoms with Crippen molar-refractivity contribution in [2.45, 2.75) is 68.3 Å². The number of carbonyl (C=O) groups is 1. The predicted octanol–water partition coefficient (Wildman–Crippen LogP) is 3.08. The summed E-state index contributed by atoms with van der Waals surface area (Å²) in [7, 11) is 0.377. The van der Waals surface area contributed by atoms with E-state index >= 15 is 0 Å². The van der Waals surface area contributed by atoms with Gasteiger partial charge in [0.05, 0.1) is 6.26 Å². The van der Waals surface area contributed by atoms with E-state index in [9.17, 15) is 4.79 Å². The van der Waals surface area contributed by atoms with Crippen LogP contribution < -0.4 is 0 Å². The lowest BCUT2D eigenvalue weighted by Crippen LogP contribution is -2.33. The van der Waals surface area contributed by atoms with E-state index in [1.807, 2.05) is 0 Å². The maximum absolute atomic E-state index is 11.8. The summed E-state index contributed by atoms with van der Waals surface area (Å²) in [6.45, 7) is 0. The van der Waals surface area contributed by atoms with E-state index in [1.165, 1.54) is 44.9 Å². The molecule has 2 saturated carbocycles. The molecule has 2 rings (SSSR count). The summed E-state index contributed by atoms with van der Waals surface area (Å²) in [6, 6.07) is 0. The fourth-order valence-corrected chi connectivity index (χ4v) is 5.64. The first-order chi connectivity index (χ1) is 7.29. The van der Waals surface area contributed by atoms with Crippen molar-refractivity contribution >= 4 is 16.7 Å². The van der Waals surface area contributed by atoms with Gasteiger partial charge in [-0.3, -0.25) is 4.79 Å². The van der Waals surface area contributed by atoms with Crippen molar-refractivity contribution in [3.8, 4) is 0 Å². The molecule has 0 bridgehead atoms. The molecule has 2 aliphatic rings. The highest BCUT2D eigenvalue weighted by molar-refractivity contribution is 7.98. The van der Waals surface area contributed by atoms with Crippen molar-refractivity contribution in [2.24, 2.45) is 0 Å². The Bertz CT molecular complexity index is 219. The van der Waals surface area contributed by atoms with E-state index in [2.05, 4.69) is 6.26 Å². The van der Waals surface area contributed by atoms with Gasteiger partial charge >= 0.3 is 0 Å². The van der Waals surface area contributed by atoms with Gasteiger partial charge in [-0.1, -0.05) is 12.8 Å². The largest absolute Gasteiger partial charge is 0.294 e. The number of rotatable bonds is 2. The van der Waals surface area contributed by atoms with Gasteiger partial charge < -0.3 is 0 Å². The molecule has 15 heavy (non-hydrogen) atoms. The summed E-state index contributed by atoms with van der Waals surface area (Å²) in [4.78, 5) is 11.8. The predicted molar refractivity (Wildman–Crippen MR) is 67.4 cm³/mol. The minimum absolute atomic E-state index is 0.377. The van der Waals surface area contributed by atoms with Gasteiger partial charge in [-0.2, -0.15) is 0 Å². The molecule has 0 aromatic heterocycles. The second-order valence-electron chi connectivity index (χ2n) is 5.07. The van der Waals surface area contributed by atoms with Crippen LogP contribution in [0.4, 0.5) is 0 Å². The highest BCUT2D eigenvalue weighted by Gasteiger charge is 2.41. The van der Waals surface area contributed by atoms with Gasteiger partial charge in [-0.25, -0.2) is 0 Å². The molecule has 0 aromatic rings. The number of hydrogen-bond acceptors (Lipinski definition) is 1. The molecule has 2 fully saturated rings. The lowest BCUT2D eigenvalue weighted by Gasteiger charge is -2.18. The van der Waals surface area contributed by atoms with Gasteiger partial charge in [0.15, 0.2) is 11.0 Å². The van der Waals surface area contributed by atoms with E-state index in [0.29, 0.717) is 21.9 Å². The summed E-state index contributed by atoms with van der Waals surface area (Å²) < 4.78 is 0. The molecule has 2 aliphatic carbocycles. The Balaban J connectivity index is 1.92. The van der Waals surface area contributed by atoms with E-state index in [4.69, 9.17) is 0 Å². The Morgan fingerprint density at radius 2 is 1.67 bits per heavy atom. The summed E-state index contributed by atoms with van der Waals surface area (Å²) in [5.74, 6) is 0.574. The van der Waals surface area contributed by atoms with Crippen LogP contribution in [0, 0.1) is 0 Å². The Labute approximate surface area is 96.4 Å². The zero-order chi connectivity index (χ0) is 10.7. The highest BCUT2D eigenvalue weighted by atomic mass is 32.2. The maximum Gasteiger partial charge on any atom is 0.184 e. The summed E-state index contributed by atoms with van der Waals surface area (Å²) >= 11 is 0. The Hall–Kier alpha value is 0.0200. The number of carbonyl (C=O) groups excluding carboxylic acids is 1. The lowest BCUT2D eigenvalue weighted by atomic mass is 10.2. The molecule has 0 aliphatic heterocycles. The van der Waals surface area contributed by atoms with Gasteiger partial charge in [-0.15, -0.1) is 0 Å². The Morgan fingerprint density at radius 1 is 1.00 bits per heavy atom. The third-order valence-electron chi connectivity index (χ3n) is 4.03. The number of ketones is 1. The summed E-state index contributed by atoms with van der Waals surface area (Å²) in [6.07, 6.45) is 14.0. The normalized spacial score (nSPS) is 31.5. The quantitative estimate of drug-likeness (QED) is 0.523. The monoisotopic (exact) mass is 227 g/mol. The number of Topliss-reactive ketones (excluding diaryl/α,β-unsaturated/α-hetero) is 1. The van der Waals surface area contributed by atoms with Crippen LogP contribution in [0.5, 0.6) is 0 Å². The molecular weight excluding hydrogens is 204 g/mol. The smallest absolute Gasteiger partial charge is 0.184 e. The summed E-state index contributed by atoms with van der Waals surface area (Å²) in [5.41, 5.74) is 0. The second-order valence-corrected chi connectivity index (χ2v) is 7.52. The molecule has 86 valence electrons. The topological polar surface area (TPSA) is 17.1 Å². The van der Waals surface area contributed by atoms with Gasteiger partial charge in [0.25, 0.3) is 0 Å². The minimum atomic E-state index is 0.377. The third-order valence-corrected chi connectivity index (χ3v) is 6.94. The molecule has 2 heteroatoms. The van der Waals surface area contributed by atoms with E-state index < -0.39 is 0 Å². The first kappa shape index (κ1) is 11.5. The second kappa shape index (κ2) is 5.38. The molecule has 1 nitrogen and oxygen atoms in total. The minimum Gasteiger partial charge on any atom is -0.294 e. The van der Waals surface area contributed by atoms with Crippen LogP contribution in [0.2, 0.25) is 0 Å². The lowest BCUT2D eigenvalue weighted by molar-refractivity contribution is -0.117. The van der Waals surface area contributed by atoms with Crippen LogP contribution in [0.15, 0.2) is 0 Å². The van der Waals surface area contributed by atoms with Crippen LogP contribution in [0.3, 0.4) is 0 Å². The molecule has 0 saturated heterocycles. The SMILES string of the molecule is C[S+](C1CCCCCC1)C1CCCC1=O. The Morgan fingerprint density at radius 3 is 2.20 bits per heavy atom. The molecule has 0 amide bonds. The zero-order valence-electron chi connectivity index (χ0n) is 9.84. The molecule has 0 N–H and O–H groups in total. The van der Waals surface area contributed by atoms with Crippen LogP contribution in [-0.4, -0.2) is 22.5 Å². The third kappa shape index (κ3) is 2.77. The van der Waals surface area contributed by atoms with Gasteiger partial charge in [-0.05, 0) is 43.0 Å². The molecule has 2 unspecified atom stereocenters. The average molecular weight is 227 g/mol. The van der Waals surface area contributed by atoms with Gasteiger partial charge in [0.1, 0.15) is 5.25 Å². The van der Waals surface area contributed by atoms with Gasteiger partial charge in [0, 0.05) is 12.8 Å². The molecule has 2 atom stereocenters. The van der Waals surface area contributed by atoms with Crippen LogP contribution in [0.25, 0.3) is 0 Å². The van der Waals surface area contributed by atoms with Crippen LogP contribution in [-0.2, 0) is 15.7 Å². The molecule has 0 radical (unpaired) electrons. The van der Waals surface area contributed by atoms with Crippen molar-refractivity contribution in [1.82, 2.24) is 0 Å². The van der Waals surface area contributed by atoms with Crippen LogP contribution >= 0.6 is 0 Å². The molecular formula is C13H23OS+. The number of hydrogen-bond donors (Lipinski definition) is 0. The highest BCUT2D eigenvalue weighted by Crippen LogP contribution is 2.31. The van der Waals surface area contributed by atoms with Gasteiger partial charge in [0.2, 0.25) is 0 Å². The van der Waals surface area contributed by atoms with Crippen molar-refractivity contribution in [3.05, 3.63) is 0 Å². The van der Waals surface area contributed by atoms with E-state index in [0.717, 1.165) is 18.1 Å². The summed E-state index contributed by atoms with van der Waals surface area (Å²) in [5, 5.41) is 1.33. The van der Waals surface area contributed by atoms with Crippen molar-refractivity contribution in [3.63, 3.8) is 0 Å². The average Bonchev–Trinajstić information content (AvgIpc) is 2.53. The van der Waals surface area contributed by atoms with Crippen molar-refractivity contribution in [1.29, 1.82) is 0 Å². The molecule has 0 heterocycles.